The van der Waals surface area contributed by atoms with Crippen LogP contribution in [0.25, 0.3) is 0 Å². The highest BCUT2D eigenvalue weighted by Gasteiger charge is 2.27. The molecule has 0 saturated carbocycles. The van der Waals surface area contributed by atoms with Crippen molar-refractivity contribution < 1.29 is 9.32 Å². The summed E-state index contributed by atoms with van der Waals surface area (Å²) in [6, 6.07) is 7.88. The number of thioether (sulfide) groups is 1. The zero-order valence-electron chi connectivity index (χ0n) is 14.0. The maximum atomic E-state index is 12.5. The molecule has 1 aliphatic rings. The molecule has 3 rings (SSSR count). The molecule has 1 fully saturated rings. The molecule has 0 aliphatic carbocycles. The molecule has 0 radical (unpaired) electrons. The van der Waals surface area contributed by atoms with Crippen LogP contribution in [0.3, 0.4) is 0 Å². The van der Waals surface area contributed by atoms with E-state index in [0.717, 1.165) is 29.2 Å². The van der Waals surface area contributed by atoms with E-state index < -0.39 is 0 Å². The Hall–Kier alpha value is -2.02. The van der Waals surface area contributed by atoms with Gasteiger partial charge in [-0.25, -0.2) is 4.79 Å². The highest BCUT2D eigenvalue weighted by atomic mass is 32.2. The van der Waals surface area contributed by atoms with Crippen molar-refractivity contribution >= 4 is 23.5 Å². The lowest BCUT2D eigenvalue weighted by molar-refractivity contribution is 0.187. The third-order valence-corrected chi connectivity index (χ3v) is 5.06. The summed E-state index contributed by atoms with van der Waals surface area (Å²) in [7, 11) is 0. The highest BCUT2D eigenvalue weighted by molar-refractivity contribution is 7.99. The SMILES string of the molecule is CCSc1ccccc1NC(=O)N1CCC(c2nc(C)no2)CC1. The van der Waals surface area contributed by atoms with Gasteiger partial charge in [0, 0.05) is 23.9 Å². The molecule has 2 aromatic rings. The Labute approximate surface area is 146 Å². The standard InChI is InChI=1S/C17H22N4O2S/c1-3-24-15-7-5-4-6-14(15)19-17(22)21-10-8-13(9-11-21)16-18-12(2)20-23-16/h4-7,13H,3,8-11H2,1-2H3,(H,19,22). The Kier molecular flexibility index (Phi) is 5.40. The van der Waals surface area contributed by atoms with Gasteiger partial charge in [0.25, 0.3) is 0 Å². The number of amides is 2. The number of hydrogen-bond donors (Lipinski definition) is 1. The number of nitrogens with zero attached hydrogens (tertiary/aromatic N) is 3. The van der Waals surface area contributed by atoms with Crippen LogP contribution in [-0.2, 0) is 0 Å². The number of likely N-dealkylation sites (tertiary alicyclic amines) is 1. The zero-order chi connectivity index (χ0) is 16.9. The summed E-state index contributed by atoms with van der Waals surface area (Å²) in [6.45, 7) is 5.32. The molecule has 0 unspecified atom stereocenters. The maximum absolute atomic E-state index is 12.5. The summed E-state index contributed by atoms with van der Waals surface area (Å²) in [5, 5.41) is 6.89. The number of aryl methyl sites for hydroxylation is 1. The van der Waals surface area contributed by atoms with Crippen molar-refractivity contribution in [3.05, 3.63) is 36.0 Å². The summed E-state index contributed by atoms with van der Waals surface area (Å²) < 4.78 is 5.25. The molecule has 0 bridgehead atoms. The van der Waals surface area contributed by atoms with Crippen LogP contribution in [0.15, 0.2) is 33.7 Å². The van der Waals surface area contributed by atoms with E-state index in [-0.39, 0.29) is 11.9 Å². The predicted octanol–water partition coefficient (Wildman–Crippen LogP) is 3.90. The molecule has 1 aromatic heterocycles. The zero-order valence-corrected chi connectivity index (χ0v) is 14.8. The summed E-state index contributed by atoms with van der Waals surface area (Å²) >= 11 is 1.73. The second-order valence-corrected chi connectivity index (χ2v) is 7.11. The maximum Gasteiger partial charge on any atom is 0.321 e. The van der Waals surface area contributed by atoms with E-state index in [1.807, 2.05) is 36.1 Å². The van der Waals surface area contributed by atoms with Crippen LogP contribution in [0.5, 0.6) is 0 Å². The number of benzene rings is 1. The number of piperidine rings is 1. The summed E-state index contributed by atoms with van der Waals surface area (Å²) in [5.74, 6) is 2.58. The number of rotatable bonds is 4. The summed E-state index contributed by atoms with van der Waals surface area (Å²) in [4.78, 5) is 19.8. The molecular formula is C17H22N4O2S. The molecule has 2 amide bonds. The van der Waals surface area contributed by atoms with Crippen molar-refractivity contribution in [2.24, 2.45) is 0 Å². The van der Waals surface area contributed by atoms with Crippen molar-refractivity contribution in [1.29, 1.82) is 0 Å². The first-order valence-corrected chi connectivity index (χ1v) is 9.24. The van der Waals surface area contributed by atoms with E-state index in [9.17, 15) is 4.79 Å². The summed E-state index contributed by atoms with van der Waals surface area (Å²) in [5.41, 5.74) is 0.879. The third-order valence-electron chi connectivity index (χ3n) is 4.10. The number of anilines is 1. The first kappa shape index (κ1) is 16.8. The Bertz CT molecular complexity index is 695. The predicted molar refractivity (Wildman–Crippen MR) is 94.4 cm³/mol. The first-order chi connectivity index (χ1) is 11.7. The molecule has 7 heteroatoms. The van der Waals surface area contributed by atoms with Gasteiger partial charge in [0.2, 0.25) is 5.89 Å². The lowest BCUT2D eigenvalue weighted by Gasteiger charge is -2.30. The third kappa shape index (κ3) is 3.90. The largest absolute Gasteiger partial charge is 0.339 e. The first-order valence-electron chi connectivity index (χ1n) is 8.25. The van der Waals surface area contributed by atoms with E-state index in [0.29, 0.717) is 24.8 Å². The van der Waals surface area contributed by atoms with Crippen LogP contribution in [0, 0.1) is 6.92 Å². The fraction of sp³-hybridized carbons (Fsp3) is 0.471. The molecule has 128 valence electrons. The average molecular weight is 346 g/mol. The van der Waals surface area contributed by atoms with E-state index in [1.165, 1.54) is 0 Å². The summed E-state index contributed by atoms with van der Waals surface area (Å²) in [6.07, 6.45) is 1.70. The average Bonchev–Trinajstić information content (AvgIpc) is 3.03. The van der Waals surface area contributed by atoms with Crippen molar-refractivity contribution in [2.45, 2.75) is 37.5 Å². The Morgan fingerprint density at radius 2 is 2.12 bits per heavy atom. The minimum absolute atomic E-state index is 0.0423. The van der Waals surface area contributed by atoms with Crippen molar-refractivity contribution in [1.82, 2.24) is 15.0 Å². The van der Waals surface area contributed by atoms with Gasteiger partial charge in [0.05, 0.1) is 5.69 Å². The minimum atomic E-state index is -0.0423. The molecular weight excluding hydrogens is 324 g/mol. The molecule has 1 aromatic carbocycles. The molecule has 1 saturated heterocycles. The van der Waals surface area contributed by atoms with Gasteiger partial charge in [-0.05, 0) is 37.7 Å². The Morgan fingerprint density at radius 1 is 1.38 bits per heavy atom. The molecule has 6 nitrogen and oxygen atoms in total. The Balaban J connectivity index is 1.57. The van der Waals surface area contributed by atoms with Crippen LogP contribution in [0.2, 0.25) is 0 Å². The number of para-hydroxylation sites is 1. The van der Waals surface area contributed by atoms with Gasteiger partial charge in [0.1, 0.15) is 0 Å². The van der Waals surface area contributed by atoms with E-state index in [2.05, 4.69) is 22.4 Å². The second-order valence-electron chi connectivity index (χ2n) is 5.80. The lowest BCUT2D eigenvalue weighted by atomic mass is 9.97. The monoisotopic (exact) mass is 346 g/mol. The van der Waals surface area contributed by atoms with Gasteiger partial charge in [-0.3, -0.25) is 0 Å². The number of hydrogen-bond acceptors (Lipinski definition) is 5. The number of carbonyl (C=O) groups excluding carboxylic acids is 1. The Morgan fingerprint density at radius 3 is 2.79 bits per heavy atom. The molecule has 1 aliphatic heterocycles. The number of nitrogens with one attached hydrogen (secondary N) is 1. The van der Waals surface area contributed by atoms with E-state index in [1.54, 1.807) is 11.8 Å². The number of carbonyl (C=O) groups is 1. The van der Waals surface area contributed by atoms with Crippen LogP contribution in [-0.4, -0.2) is 39.9 Å². The number of aromatic nitrogens is 2. The fourth-order valence-corrected chi connectivity index (χ4v) is 3.61. The topological polar surface area (TPSA) is 71.3 Å². The van der Waals surface area contributed by atoms with Gasteiger partial charge < -0.3 is 14.7 Å². The van der Waals surface area contributed by atoms with Crippen molar-refractivity contribution in [3.8, 4) is 0 Å². The normalized spacial score (nSPS) is 15.5. The van der Waals surface area contributed by atoms with Crippen molar-refractivity contribution in [2.75, 3.05) is 24.2 Å². The van der Waals surface area contributed by atoms with Gasteiger partial charge in [-0.1, -0.05) is 24.2 Å². The highest BCUT2D eigenvalue weighted by Crippen LogP contribution is 2.29. The van der Waals surface area contributed by atoms with Crippen molar-refractivity contribution in [3.63, 3.8) is 0 Å². The number of urea groups is 1. The van der Waals surface area contributed by atoms with Crippen LogP contribution < -0.4 is 5.32 Å². The van der Waals surface area contributed by atoms with Gasteiger partial charge in [-0.15, -0.1) is 11.8 Å². The smallest absolute Gasteiger partial charge is 0.321 e. The lowest BCUT2D eigenvalue weighted by Crippen LogP contribution is -2.40. The molecule has 0 spiro atoms. The van der Waals surface area contributed by atoms with E-state index >= 15 is 0 Å². The molecule has 1 N–H and O–H groups in total. The molecule has 0 atom stereocenters. The van der Waals surface area contributed by atoms with Gasteiger partial charge >= 0.3 is 6.03 Å². The minimum Gasteiger partial charge on any atom is -0.339 e. The quantitative estimate of drug-likeness (QED) is 0.850. The molecule has 24 heavy (non-hydrogen) atoms. The van der Waals surface area contributed by atoms with Gasteiger partial charge in [0.15, 0.2) is 5.82 Å². The van der Waals surface area contributed by atoms with E-state index in [4.69, 9.17) is 4.52 Å². The van der Waals surface area contributed by atoms with Crippen LogP contribution in [0.4, 0.5) is 10.5 Å². The van der Waals surface area contributed by atoms with Crippen LogP contribution >= 0.6 is 11.8 Å². The second kappa shape index (κ2) is 7.70. The fourth-order valence-electron chi connectivity index (χ4n) is 2.85. The molecule has 2 heterocycles. The van der Waals surface area contributed by atoms with Gasteiger partial charge in [-0.2, -0.15) is 4.98 Å². The van der Waals surface area contributed by atoms with Crippen LogP contribution in [0.1, 0.15) is 37.4 Å².